The fourth-order valence-corrected chi connectivity index (χ4v) is 1.14. The summed E-state index contributed by atoms with van der Waals surface area (Å²) in [6, 6.07) is -0.566. The van der Waals surface area contributed by atoms with Gasteiger partial charge < -0.3 is 16.2 Å². The molecule has 1 unspecified atom stereocenters. The molecule has 0 fully saturated rings. The van der Waals surface area contributed by atoms with Gasteiger partial charge in [-0.05, 0) is 32.7 Å². The maximum absolute atomic E-state index is 10.7. The van der Waals surface area contributed by atoms with E-state index in [0.717, 1.165) is 12.8 Å². The first-order valence-corrected chi connectivity index (χ1v) is 4.68. The summed E-state index contributed by atoms with van der Waals surface area (Å²) in [7, 11) is 0. The van der Waals surface area contributed by atoms with E-state index in [9.17, 15) is 4.79 Å². The van der Waals surface area contributed by atoms with E-state index in [1.807, 2.05) is 0 Å². The zero-order valence-electron chi connectivity index (χ0n) is 7.75. The maximum Gasteiger partial charge on any atom is 0.326 e. The summed E-state index contributed by atoms with van der Waals surface area (Å²) in [6.45, 7) is 2.27. The summed E-state index contributed by atoms with van der Waals surface area (Å²) in [5.74, 6) is -0.860. The highest BCUT2D eigenvalue weighted by Crippen LogP contribution is 2.00. The molecule has 4 nitrogen and oxygen atoms in total. The SMILES string of the molecule is CC(=S)NC(CCCCN)C(=O)O. The highest BCUT2D eigenvalue weighted by atomic mass is 32.1. The molecular weight excluding hydrogens is 188 g/mol. The van der Waals surface area contributed by atoms with E-state index in [-0.39, 0.29) is 0 Å². The molecule has 5 heteroatoms. The van der Waals surface area contributed by atoms with Crippen molar-refractivity contribution in [1.29, 1.82) is 0 Å². The summed E-state index contributed by atoms with van der Waals surface area (Å²) in [6.07, 6.45) is 2.23. The Kier molecular flexibility index (Phi) is 6.44. The summed E-state index contributed by atoms with van der Waals surface area (Å²) in [5, 5.41) is 11.5. The van der Waals surface area contributed by atoms with Crippen LogP contribution in [0.2, 0.25) is 0 Å². The molecule has 76 valence electrons. The Morgan fingerprint density at radius 2 is 2.23 bits per heavy atom. The van der Waals surface area contributed by atoms with Crippen molar-refractivity contribution in [2.24, 2.45) is 5.73 Å². The van der Waals surface area contributed by atoms with Gasteiger partial charge in [-0.2, -0.15) is 0 Å². The molecule has 4 N–H and O–H groups in total. The van der Waals surface area contributed by atoms with Gasteiger partial charge in [-0.3, -0.25) is 0 Å². The van der Waals surface area contributed by atoms with Crippen molar-refractivity contribution in [3.8, 4) is 0 Å². The van der Waals surface area contributed by atoms with Gasteiger partial charge in [-0.25, -0.2) is 4.79 Å². The van der Waals surface area contributed by atoms with E-state index in [4.69, 9.17) is 23.1 Å². The van der Waals surface area contributed by atoms with Gasteiger partial charge in [-0.15, -0.1) is 0 Å². The molecule has 0 amide bonds. The predicted molar refractivity (Wildman–Crippen MR) is 55.7 cm³/mol. The monoisotopic (exact) mass is 204 g/mol. The van der Waals surface area contributed by atoms with E-state index < -0.39 is 12.0 Å². The van der Waals surface area contributed by atoms with Crippen LogP contribution in [0.15, 0.2) is 0 Å². The predicted octanol–water partition coefficient (Wildman–Crippen LogP) is 0.506. The van der Waals surface area contributed by atoms with Crippen LogP contribution in [0.4, 0.5) is 0 Å². The number of thiocarbonyl (C=S) groups is 1. The first-order chi connectivity index (χ1) is 6.07. The van der Waals surface area contributed by atoms with Crippen molar-refractivity contribution in [3.05, 3.63) is 0 Å². The molecule has 0 aromatic heterocycles. The van der Waals surface area contributed by atoms with Crippen LogP contribution in [-0.2, 0) is 4.79 Å². The highest BCUT2D eigenvalue weighted by Gasteiger charge is 2.15. The lowest BCUT2D eigenvalue weighted by atomic mass is 10.1. The van der Waals surface area contributed by atoms with Crippen LogP contribution < -0.4 is 11.1 Å². The number of hydrogen-bond acceptors (Lipinski definition) is 3. The molecule has 0 spiro atoms. The smallest absolute Gasteiger partial charge is 0.326 e. The number of aliphatic carboxylic acids is 1. The standard InChI is InChI=1S/C8H16N2O2S/c1-6(13)10-7(8(11)12)4-2-3-5-9/h7H,2-5,9H2,1H3,(H,10,13)(H,11,12). The molecule has 0 aliphatic heterocycles. The van der Waals surface area contributed by atoms with E-state index in [1.165, 1.54) is 0 Å². The lowest BCUT2D eigenvalue weighted by Crippen LogP contribution is -2.38. The fraction of sp³-hybridized carbons (Fsp3) is 0.750. The number of carbonyl (C=O) groups is 1. The number of hydrogen-bond donors (Lipinski definition) is 3. The van der Waals surface area contributed by atoms with Gasteiger partial charge in [0.25, 0.3) is 0 Å². The summed E-state index contributed by atoms with van der Waals surface area (Å²) in [5.41, 5.74) is 5.30. The van der Waals surface area contributed by atoms with Crippen molar-refractivity contribution < 1.29 is 9.90 Å². The maximum atomic E-state index is 10.7. The van der Waals surface area contributed by atoms with Crippen LogP contribution in [0.1, 0.15) is 26.2 Å². The molecule has 0 radical (unpaired) electrons. The Bertz CT molecular complexity index is 185. The molecule has 0 aliphatic carbocycles. The Hall–Kier alpha value is -0.680. The average molecular weight is 204 g/mol. The Morgan fingerprint density at radius 3 is 2.62 bits per heavy atom. The number of rotatable bonds is 6. The van der Waals surface area contributed by atoms with E-state index in [0.29, 0.717) is 18.0 Å². The van der Waals surface area contributed by atoms with Crippen molar-refractivity contribution in [3.63, 3.8) is 0 Å². The van der Waals surface area contributed by atoms with Crippen molar-refractivity contribution in [2.75, 3.05) is 6.54 Å². The lowest BCUT2D eigenvalue weighted by Gasteiger charge is -2.13. The largest absolute Gasteiger partial charge is 0.480 e. The van der Waals surface area contributed by atoms with Crippen molar-refractivity contribution in [1.82, 2.24) is 5.32 Å². The Labute approximate surface area is 83.5 Å². The number of carboxylic acid groups (broad SMARTS) is 1. The minimum absolute atomic E-state index is 0.514. The molecule has 0 saturated heterocycles. The third-order valence-corrected chi connectivity index (χ3v) is 1.74. The number of unbranched alkanes of at least 4 members (excludes halogenated alkanes) is 1. The third kappa shape index (κ3) is 6.48. The van der Waals surface area contributed by atoms with Crippen LogP contribution in [0.25, 0.3) is 0 Å². The van der Waals surface area contributed by atoms with Gasteiger partial charge in [0.15, 0.2) is 0 Å². The number of nitrogens with one attached hydrogen (secondary N) is 1. The molecule has 1 atom stereocenters. The van der Waals surface area contributed by atoms with Crippen molar-refractivity contribution >= 4 is 23.2 Å². The van der Waals surface area contributed by atoms with E-state index in [2.05, 4.69) is 5.32 Å². The minimum Gasteiger partial charge on any atom is -0.480 e. The molecular formula is C8H16N2O2S. The lowest BCUT2D eigenvalue weighted by molar-refractivity contribution is -0.139. The molecule has 0 aromatic rings. The molecule has 0 heterocycles. The molecule has 0 saturated carbocycles. The minimum atomic E-state index is -0.860. The van der Waals surface area contributed by atoms with Crippen LogP contribution >= 0.6 is 12.2 Å². The number of nitrogens with two attached hydrogens (primary N) is 1. The first kappa shape index (κ1) is 12.3. The zero-order chi connectivity index (χ0) is 10.3. The molecule has 13 heavy (non-hydrogen) atoms. The van der Waals surface area contributed by atoms with Gasteiger partial charge in [0.1, 0.15) is 6.04 Å². The van der Waals surface area contributed by atoms with Crippen LogP contribution in [0.3, 0.4) is 0 Å². The average Bonchev–Trinajstić information content (AvgIpc) is 2.02. The topological polar surface area (TPSA) is 75.3 Å². The zero-order valence-corrected chi connectivity index (χ0v) is 8.56. The number of carboxylic acids is 1. The molecule has 0 bridgehead atoms. The Balaban J connectivity index is 3.81. The Morgan fingerprint density at radius 1 is 1.62 bits per heavy atom. The third-order valence-electron chi connectivity index (χ3n) is 1.62. The molecule has 0 aromatic carbocycles. The fourth-order valence-electron chi connectivity index (χ4n) is 0.996. The highest BCUT2D eigenvalue weighted by molar-refractivity contribution is 7.80. The van der Waals surface area contributed by atoms with Crippen LogP contribution in [-0.4, -0.2) is 28.7 Å². The van der Waals surface area contributed by atoms with Gasteiger partial charge >= 0.3 is 5.97 Å². The van der Waals surface area contributed by atoms with Gasteiger partial charge in [0.05, 0.1) is 4.99 Å². The van der Waals surface area contributed by atoms with E-state index >= 15 is 0 Å². The van der Waals surface area contributed by atoms with Gasteiger partial charge in [0.2, 0.25) is 0 Å². The van der Waals surface area contributed by atoms with Crippen LogP contribution in [0, 0.1) is 0 Å². The first-order valence-electron chi connectivity index (χ1n) is 4.28. The van der Waals surface area contributed by atoms with Gasteiger partial charge in [0, 0.05) is 0 Å². The second-order valence-corrected chi connectivity index (χ2v) is 3.49. The van der Waals surface area contributed by atoms with Crippen molar-refractivity contribution in [2.45, 2.75) is 32.2 Å². The summed E-state index contributed by atoms with van der Waals surface area (Å²) < 4.78 is 0. The van der Waals surface area contributed by atoms with Gasteiger partial charge in [-0.1, -0.05) is 12.2 Å². The second-order valence-electron chi connectivity index (χ2n) is 2.88. The molecule has 0 rings (SSSR count). The summed E-state index contributed by atoms with van der Waals surface area (Å²) in [4.78, 5) is 11.2. The van der Waals surface area contributed by atoms with E-state index in [1.54, 1.807) is 6.92 Å². The normalized spacial score (nSPS) is 12.2. The summed E-state index contributed by atoms with van der Waals surface area (Å²) >= 11 is 4.77. The van der Waals surface area contributed by atoms with Crippen LogP contribution in [0.5, 0.6) is 0 Å². The quantitative estimate of drug-likeness (QED) is 0.434. The second kappa shape index (κ2) is 6.80. The molecule has 0 aliphatic rings.